The average Bonchev–Trinajstić information content (AvgIpc) is 3.46. The van der Waals surface area contributed by atoms with Crippen LogP contribution in [0.4, 0.5) is 13.2 Å². The minimum Gasteiger partial charge on any atom is -0.346 e. The number of nitriles is 1. The zero-order chi connectivity index (χ0) is 26.3. The van der Waals surface area contributed by atoms with E-state index in [4.69, 9.17) is 0 Å². The minimum absolute atomic E-state index is 0.0252. The summed E-state index contributed by atoms with van der Waals surface area (Å²) in [6.45, 7) is 1.94. The zero-order valence-corrected chi connectivity index (χ0v) is 19.9. The van der Waals surface area contributed by atoms with Crippen molar-refractivity contribution < 1.29 is 13.2 Å². The van der Waals surface area contributed by atoms with Crippen molar-refractivity contribution in [3.8, 4) is 34.3 Å². The molecule has 5 aromatic rings. The summed E-state index contributed by atoms with van der Waals surface area (Å²) in [5.74, 6) is -0.233. The van der Waals surface area contributed by atoms with Gasteiger partial charge >= 0.3 is 11.9 Å². The van der Waals surface area contributed by atoms with Crippen molar-refractivity contribution in [3.05, 3.63) is 88.9 Å². The van der Waals surface area contributed by atoms with Gasteiger partial charge in [-0.15, -0.1) is 0 Å². The average molecular weight is 503 g/mol. The number of imidazole rings is 1. The second-order valence-electron chi connectivity index (χ2n) is 8.67. The van der Waals surface area contributed by atoms with Gasteiger partial charge in [-0.25, -0.2) is 9.78 Å². The molecule has 1 aromatic carbocycles. The Labute approximate surface area is 209 Å². The SMILES string of the molecule is CCC(C#N)c1ccc(-n2c(-c3cc(-c4cnc5[nH]cc(C(F)(F)F)c5c4)ccn3)cn(C)c2=O)cc1. The van der Waals surface area contributed by atoms with E-state index in [0.29, 0.717) is 34.6 Å². The zero-order valence-electron chi connectivity index (χ0n) is 19.9. The first-order chi connectivity index (χ1) is 17.7. The molecule has 1 N–H and O–H groups in total. The molecule has 0 radical (unpaired) electrons. The highest BCUT2D eigenvalue weighted by Gasteiger charge is 2.34. The largest absolute Gasteiger partial charge is 0.418 e. The molecule has 0 amide bonds. The third kappa shape index (κ3) is 4.29. The standard InChI is InChI=1S/C27H21F3N6O/c1-3-16(12-31)17-4-6-20(7-5-17)36-24(15-35(2)26(36)37)23-11-18(8-9-32-23)19-10-21-22(27(28,29)30)14-34-25(21)33-13-19/h4-11,13-16H,3H2,1-2H3,(H,33,34). The lowest BCUT2D eigenvalue weighted by Gasteiger charge is -2.11. The van der Waals surface area contributed by atoms with Crippen LogP contribution < -0.4 is 5.69 Å². The van der Waals surface area contributed by atoms with Crippen LogP contribution in [0.5, 0.6) is 0 Å². The molecular weight excluding hydrogens is 481 g/mol. The second kappa shape index (κ2) is 9.09. The van der Waals surface area contributed by atoms with E-state index in [0.717, 1.165) is 11.8 Å². The summed E-state index contributed by atoms with van der Waals surface area (Å²) in [7, 11) is 1.63. The first-order valence-electron chi connectivity index (χ1n) is 11.5. The minimum atomic E-state index is -4.51. The highest BCUT2D eigenvalue weighted by molar-refractivity contribution is 5.85. The predicted octanol–water partition coefficient (Wildman–Crippen LogP) is 5.82. The third-order valence-corrected chi connectivity index (χ3v) is 6.36. The Bertz CT molecular complexity index is 1700. The van der Waals surface area contributed by atoms with Crippen LogP contribution >= 0.6 is 0 Å². The molecule has 0 bridgehead atoms. The van der Waals surface area contributed by atoms with Gasteiger partial charge in [-0.2, -0.15) is 18.4 Å². The van der Waals surface area contributed by atoms with E-state index < -0.39 is 11.7 Å². The molecule has 0 saturated carbocycles. The highest BCUT2D eigenvalue weighted by Crippen LogP contribution is 2.36. The summed E-state index contributed by atoms with van der Waals surface area (Å²) in [5.41, 5.74) is 2.62. The number of hydrogen-bond donors (Lipinski definition) is 1. The number of pyridine rings is 2. The molecule has 0 aliphatic rings. The number of aromatic amines is 1. The van der Waals surface area contributed by atoms with Crippen LogP contribution in [-0.4, -0.2) is 24.1 Å². The molecule has 10 heteroatoms. The van der Waals surface area contributed by atoms with E-state index in [2.05, 4.69) is 21.0 Å². The van der Waals surface area contributed by atoms with Crippen molar-refractivity contribution in [1.82, 2.24) is 24.1 Å². The number of nitrogens with one attached hydrogen (secondary N) is 1. The molecule has 7 nitrogen and oxygen atoms in total. The van der Waals surface area contributed by atoms with Gasteiger partial charge in [0.05, 0.1) is 34.6 Å². The molecule has 37 heavy (non-hydrogen) atoms. The van der Waals surface area contributed by atoms with E-state index in [9.17, 15) is 23.2 Å². The molecule has 4 heterocycles. The fraction of sp³-hybridized carbons (Fsp3) is 0.185. The highest BCUT2D eigenvalue weighted by atomic mass is 19.4. The summed E-state index contributed by atoms with van der Waals surface area (Å²) in [6.07, 6.45) is 1.77. The van der Waals surface area contributed by atoms with E-state index in [1.165, 1.54) is 21.4 Å². The first kappa shape index (κ1) is 24.1. The van der Waals surface area contributed by atoms with Crippen LogP contribution in [0.3, 0.4) is 0 Å². The molecule has 0 saturated heterocycles. The summed E-state index contributed by atoms with van der Waals surface area (Å²) < 4.78 is 43.2. The van der Waals surface area contributed by atoms with Gasteiger partial charge in [0, 0.05) is 42.8 Å². The lowest BCUT2D eigenvalue weighted by Crippen LogP contribution is -2.21. The van der Waals surface area contributed by atoms with Gasteiger partial charge in [-0.05, 0) is 47.9 Å². The molecule has 0 aliphatic heterocycles. The van der Waals surface area contributed by atoms with E-state index in [1.807, 2.05) is 19.1 Å². The van der Waals surface area contributed by atoms with Gasteiger partial charge in [-0.3, -0.25) is 9.55 Å². The van der Waals surface area contributed by atoms with Gasteiger partial charge in [0.25, 0.3) is 0 Å². The van der Waals surface area contributed by atoms with Crippen molar-refractivity contribution in [2.75, 3.05) is 0 Å². The second-order valence-corrected chi connectivity index (χ2v) is 8.67. The van der Waals surface area contributed by atoms with Crippen LogP contribution in [0.15, 0.2) is 72.0 Å². The van der Waals surface area contributed by atoms with Gasteiger partial charge < -0.3 is 9.55 Å². The van der Waals surface area contributed by atoms with Crippen LogP contribution in [0.25, 0.3) is 39.2 Å². The Morgan fingerprint density at radius 1 is 1.11 bits per heavy atom. The lowest BCUT2D eigenvalue weighted by atomic mass is 9.98. The number of rotatable bonds is 5. The van der Waals surface area contributed by atoms with Crippen molar-refractivity contribution >= 4 is 11.0 Å². The number of aryl methyl sites for hydroxylation is 1. The van der Waals surface area contributed by atoms with Gasteiger partial charge in [-0.1, -0.05) is 19.1 Å². The lowest BCUT2D eigenvalue weighted by molar-refractivity contribution is -0.136. The van der Waals surface area contributed by atoms with Crippen molar-refractivity contribution in [2.45, 2.75) is 25.4 Å². The number of H-pyrrole nitrogens is 1. The Kier molecular flexibility index (Phi) is 5.91. The number of hydrogen-bond acceptors (Lipinski definition) is 4. The van der Waals surface area contributed by atoms with Gasteiger partial charge in [0.1, 0.15) is 5.65 Å². The molecular formula is C27H21F3N6O. The Balaban J connectivity index is 1.59. The Hall–Kier alpha value is -4.65. The third-order valence-electron chi connectivity index (χ3n) is 6.36. The predicted molar refractivity (Wildman–Crippen MR) is 133 cm³/mol. The number of nitrogens with zero attached hydrogens (tertiary/aromatic N) is 5. The summed E-state index contributed by atoms with van der Waals surface area (Å²) in [4.78, 5) is 24.2. The van der Waals surface area contributed by atoms with E-state index >= 15 is 0 Å². The normalized spacial score (nSPS) is 12.5. The van der Waals surface area contributed by atoms with Crippen LogP contribution in [-0.2, 0) is 13.2 Å². The number of benzene rings is 1. The summed E-state index contributed by atoms with van der Waals surface area (Å²) in [5, 5.41) is 9.32. The Morgan fingerprint density at radius 3 is 2.54 bits per heavy atom. The van der Waals surface area contributed by atoms with Gasteiger partial charge in [0.15, 0.2) is 0 Å². The number of halogens is 3. The molecule has 1 atom stereocenters. The summed E-state index contributed by atoms with van der Waals surface area (Å²) >= 11 is 0. The monoisotopic (exact) mass is 502 g/mol. The molecule has 0 fully saturated rings. The van der Waals surface area contributed by atoms with Crippen LogP contribution in [0.1, 0.15) is 30.4 Å². The van der Waals surface area contributed by atoms with Crippen molar-refractivity contribution in [3.63, 3.8) is 0 Å². The molecule has 0 aliphatic carbocycles. The number of alkyl halides is 3. The Morgan fingerprint density at radius 2 is 1.86 bits per heavy atom. The molecule has 5 rings (SSSR count). The summed E-state index contributed by atoms with van der Waals surface area (Å²) in [6, 6.07) is 14.3. The van der Waals surface area contributed by atoms with E-state index in [-0.39, 0.29) is 22.6 Å². The number of aromatic nitrogens is 5. The molecule has 4 aromatic heterocycles. The quantitative estimate of drug-likeness (QED) is 0.328. The van der Waals surface area contributed by atoms with E-state index in [1.54, 1.807) is 43.7 Å². The fourth-order valence-electron chi connectivity index (χ4n) is 4.39. The van der Waals surface area contributed by atoms with Crippen LogP contribution in [0.2, 0.25) is 0 Å². The van der Waals surface area contributed by atoms with Crippen molar-refractivity contribution in [1.29, 1.82) is 5.26 Å². The molecule has 1 unspecified atom stereocenters. The number of fused-ring (bicyclic) bond motifs is 1. The smallest absolute Gasteiger partial charge is 0.346 e. The molecule has 0 spiro atoms. The maximum absolute atomic E-state index is 13.4. The van der Waals surface area contributed by atoms with Crippen molar-refractivity contribution in [2.24, 2.45) is 7.05 Å². The first-order valence-corrected chi connectivity index (χ1v) is 11.5. The van der Waals surface area contributed by atoms with Crippen LogP contribution in [0, 0.1) is 11.3 Å². The molecule has 186 valence electrons. The maximum Gasteiger partial charge on any atom is 0.418 e. The van der Waals surface area contributed by atoms with Gasteiger partial charge in [0.2, 0.25) is 0 Å². The maximum atomic E-state index is 13.4. The fourth-order valence-corrected chi connectivity index (χ4v) is 4.39. The topological polar surface area (TPSA) is 92.3 Å².